The molecule has 3 N–H and O–H groups in total. The highest BCUT2D eigenvalue weighted by atomic mass is 19.4. The number of aliphatic hydroxyl groups is 1. The summed E-state index contributed by atoms with van der Waals surface area (Å²) in [5.74, 6) is -2.22. The summed E-state index contributed by atoms with van der Waals surface area (Å²) in [6.45, 7) is 8.43. The van der Waals surface area contributed by atoms with Crippen molar-refractivity contribution in [2.24, 2.45) is 11.8 Å². The zero-order chi connectivity index (χ0) is 38.1. The molecule has 4 fully saturated rings. The van der Waals surface area contributed by atoms with E-state index in [-0.39, 0.29) is 61.2 Å². The van der Waals surface area contributed by atoms with Crippen LogP contribution in [0, 0.1) is 11.8 Å². The first kappa shape index (κ1) is 39.2. The van der Waals surface area contributed by atoms with Gasteiger partial charge in [0.05, 0.1) is 24.9 Å². The number of alkyl halides is 3. The molecule has 6 rings (SSSR count). The van der Waals surface area contributed by atoms with Gasteiger partial charge in [-0.05, 0) is 88.5 Å². The van der Waals surface area contributed by atoms with Gasteiger partial charge in [0.1, 0.15) is 6.04 Å². The van der Waals surface area contributed by atoms with Gasteiger partial charge in [-0.3, -0.25) is 19.3 Å². The lowest BCUT2D eigenvalue weighted by atomic mass is 9.75. The number of hydrogen-bond acceptors (Lipinski definition) is 7. The summed E-state index contributed by atoms with van der Waals surface area (Å²) in [4.78, 5) is 41.8. The van der Waals surface area contributed by atoms with Crippen molar-refractivity contribution >= 4 is 23.4 Å². The Morgan fingerprint density at radius 2 is 1.51 bits per heavy atom. The molecular formula is C40H53F3N4O6. The highest BCUT2D eigenvalue weighted by molar-refractivity contribution is 5.98. The van der Waals surface area contributed by atoms with Gasteiger partial charge >= 0.3 is 12.1 Å². The number of piperidine rings is 1. The average Bonchev–Trinajstić information content (AvgIpc) is 3.62. The summed E-state index contributed by atoms with van der Waals surface area (Å²) in [6, 6.07) is 13.3. The van der Waals surface area contributed by atoms with E-state index in [4.69, 9.17) is 9.47 Å². The van der Waals surface area contributed by atoms with Gasteiger partial charge in [-0.2, -0.15) is 13.2 Å². The van der Waals surface area contributed by atoms with E-state index in [0.717, 1.165) is 43.2 Å². The molecule has 0 unspecified atom stereocenters. The summed E-state index contributed by atoms with van der Waals surface area (Å²) in [5, 5.41) is 15.6. The van der Waals surface area contributed by atoms with Crippen molar-refractivity contribution in [3.63, 3.8) is 0 Å². The summed E-state index contributed by atoms with van der Waals surface area (Å²) in [5.41, 5.74) is 2.40. The molecule has 53 heavy (non-hydrogen) atoms. The number of ether oxygens (including phenoxy) is 2. The van der Waals surface area contributed by atoms with Crippen LogP contribution in [-0.2, 0) is 30.5 Å². The topological polar surface area (TPSA) is 120 Å². The Labute approximate surface area is 309 Å². The molecule has 3 aliphatic heterocycles. The Morgan fingerprint density at radius 1 is 0.830 bits per heavy atom. The van der Waals surface area contributed by atoms with E-state index in [9.17, 15) is 32.7 Å². The van der Waals surface area contributed by atoms with Gasteiger partial charge in [0.25, 0.3) is 0 Å². The van der Waals surface area contributed by atoms with Gasteiger partial charge in [-0.25, -0.2) is 0 Å². The van der Waals surface area contributed by atoms with Crippen molar-refractivity contribution in [3.05, 3.63) is 65.2 Å². The van der Waals surface area contributed by atoms with Crippen molar-refractivity contribution in [1.82, 2.24) is 15.1 Å². The number of amides is 3. The number of aliphatic hydroxyl groups excluding tert-OH is 1. The van der Waals surface area contributed by atoms with E-state index in [2.05, 4.69) is 22.5 Å². The van der Waals surface area contributed by atoms with Crippen LogP contribution in [0.4, 0.5) is 18.9 Å². The van der Waals surface area contributed by atoms with E-state index in [0.29, 0.717) is 35.0 Å². The molecule has 0 radical (unpaired) electrons. The molecule has 3 amide bonds. The van der Waals surface area contributed by atoms with Crippen molar-refractivity contribution in [3.8, 4) is 0 Å². The highest BCUT2D eigenvalue weighted by Gasteiger charge is 2.48. The normalized spacial score (nSPS) is 29.7. The van der Waals surface area contributed by atoms with Gasteiger partial charge in [0.2, 0.25) is 11.8 Å². The van der Waals surface area contributed by atoms with Crippen molar-refractivity contribution < 1.29 is 42.1 Å². The van der Waals surface area contributed by atoms with Crippen molar-refractivity contribution in [2.75, 3.05) is 18.4 Å². The van der Waals surface area contributed by atoms with E-state index in [1.807, 2.05) is 45.0 Å². The number of rotatable bonds is 8. The van der Waals surface area contributed by atoms with E-state index in [1.54, 1.807) is 24.3 Å². The predicted octanol–water partition coefficient (Wildman–Crippen LogP) is 6.40. The van der Waals surface area contributed by atoms with Crippen molar-refractivity contribution in [2.45, 2.75) is 134 Å². The van der Waals surface area contributed by atoms with E-state index < -0.39 is 30.3 Å². The molecule has 10 nitrogen and oxygen atoms in total. The molecule has 3 saturated heterocycles. The molecule has 1 saturated carbocycles. The summed E-state index contributed by atoms with van der Waals surface area (Å²) in [6.07, 6.45) is 0.229. The zero-order valence-corrected chi connectivity index (χ0v) is 31.0. The number of likely N-dealkylation sites (tertiary alicyclic amines) is 2. The van der Waals surface area contributed by atoms with Crippen LogP contribution in [0.1, 0.15) is 108 Å². The monoisotopic (exact) mass is 742 g/mol. The van der Waals surface area contributed by atoms with Gasteiger partial charge in [0.15, 0.2) is 6.29 Å². The maximum absolute atomic E-state index is 13.8. The van der Waals surface area contributed by atoms with Crippen LogP contribution >= 0.6 is 0 Å². The second-order valence-corrected chi connectivity index (χ2v) is 16.2. The second-order valence-electron chi connectivity index (χ2n) is 16.2. The van der Waals surface area contributed by atoms with Crippen molar-refractivity contribution in [1.29, 1.82) is 0 Å². The smallest absolute Gasteiger partial charge is 0.392 e. The Hall–Kier alpha value is -3.52. The fourth-order valence-electron chi connectivity index (χ4n) is 8.66. The quantitative estimate of drug-likeness (QED) is 0.287. The number of carbonyl (C=O) groups excluding carboxylic acids is 3. The van der Waals surface area contributed by atoms with Crippen LogP contribution in [0.25, 0.3) is 0 Å². The molecule has 13 heteroatoms. The molecular weight excluding hydrogens is 689 g/mol. The molecule has 4 aliphatic rings. The summed E-state index contributed by atoms with van der Waals surface area (Å²) < 4.78 is 52.9. The van der Waals surface area contributed by atoms with Gasteiger partial charge in [-0.1, -0.05) is 56.2 Å². The Kier molecular flexibility index (Phi) is 11.9. The molecule has 8 atom stereocenters. The molecule has 0 spiro atoms. The standard InChI is InChI=1S/C40H53F3N4O6/c1-24-33(22-47-30-9-6-5-8-26(30)17-20-32(47)36(50)45-39(2,3)4)52-37(53-34(24)27-13-11-25(23-48)12-14-27)28-15-18-29(19-16-28)44-35(49)31-10-7-21-46(31)38(51)40(41,42)43/h11-16,18-19,24,26,30-34,37,48H,5-10,17,20-23H2,1-4H3,(H,44,49)(H,45,50)/t24-,26-,30-,31+,32-,33+,34+,37+/m1/s1. The lowest BCUT2D eigenvalue weighted by Gasteiger charge is -2.51. The fourth-order valence-corrected chi connectivity index (χ4v) is 8.66. The Bertz CT molecular complexity index is 1600. The number of anilines is 1. The third-order valence-corrected chi connectivity index (χ3v) is 11.3. The second kappa shape index (κ2) is 16.1. The lowest BCUT2D eigenvalue weighted by molar-refractivity contribution is -0.278. The average molecular weight is 743 g/mol. The highest BCUT2D eigenvalue weighted by Crippen LogP contribution is 2.44. The summed E-state index contributed by atoms with van der Waals surface area (Å²) in [7, 11) is 0. The van der Waals surface area contributed by atoms with Gasteiger partial charge in [-0.15, -0.1) is 0 Å². The number of hydrogen-bond donors (Lipinski definition) is 3. The number of benzene rings is 2. The van der Waals surface area contributed by atoms with Crippen LogP contribution in [0.5, 0.6) is 0 Å². The van der Waals surface area contributed by atoms with E-state index >= 15 is 0 Å². The zero-order valence-electron chi connectivity index (χ0n) is 31.0. The van der Waals surface area contributed by atoms with Gasteiger partial charge in [0, 0.05) is 41.8 Å². The minimum atomic E-state index is -5.05. The molecule has 0 bridgehead atoms. The Morgan fingerprint density at radius 3 is 2.17 bits per heavy atom. The molecule has 3 heterocycles. The summed E-state index contributed by atoms with van der Waals surface area (Å²) >= 11 is 0. The largest absolute Gasteiger partial charge is 0.471 e. The number of fused-ring (bicyclic) bond motifs is 1. The van der Waals surface area contributed by atoms with Crippen LogP contribution < -0.4 is 10.6 Å². The molecule has 2 aromatic carbocycles. The number of nitrogens with one attached hydrogen (secondary N) is 2. The van der Waals surface area contributed by atoms with Crippen LogP contribution in [0.2, 0.25) is 0 Å². The number of carbonyl (C=O) groups is 3. The molecule has 2 aromatic rings. The SMILES string of the molecule is C[C@@H]1[C@H](CN2[C@@H](C(=O)NC(C)(C)C)CC[C@H]3CCCC[C@H]32)O[C@H](c2ccc(NC(=O)[C@@H]3CCCN3C(=O)C(F)(F)F)cc2)O[C@@H]1c1ccc(CO)cc1. The fraction of sp³-hybridized carbons (Fsp3) is 0.625. The van der Waals surface area contributed by atoms with Crippen LogP contribution in [0.3, 0.4) is 0 Å². The third-order valence-electron chi connectivity index (χ3n) is 11.3. The molecule has 290 valence electrons. The first-order chi connectivity index (χ1) is 25.1. The maximum Gasteiger partial charge on any atom is 0.471 e. The van der Waals surface area contributed by atoms with Gasteiger partial charge < -0.3 is 30.1 Å². The predicted molar refractivity (Wildman–Crippen MR) is 192 cm³/mol. The molecule has 0 aromatic heterocycles. The first-order valence-corrected chi connectivity index (χ1v) is 19.0. The third kappa shape index (κ3) is 9.07. The maximum atomic E-state index is 13.8. The van der Waals surface area contributed by atoms with E-state index in [1.165, 1.54) is 6.42 Å². The number of nitrogens with zero attached hydrogens (tertiary/aromatic N) is 2. The minimum Gasteiger partial charge on any atom is -0.392 e. The molecule has 1 aliphatic carbocycles. The first-order valence-electron chi connectivity index (χ1n) is 19.0. The minimum absolute atomic E-state index is 0.0371. The number of halogens is 3. The Balaban J connectivity index is 1.24. The van der Waals surface area contributed by atoms with Crippen LogP contribution in [-0.4, -0.2) is 81.7 Å². The van der Waals surface area contributed by atoms with Crippen LogP contribution in [0.15, 0.2) is 48.5 Å². The lowest BCUT2D eigenvalue weighted by Crippen LogP contribution is -2.61.